The van der Waals surface area contributed by atoms with Crippen molar-refractivity contribution >= 4 is 0 Å². The Balaban J connectivity index is 2.39. The van der Waals surface area contributed by atoms with Gasteiger partial charge in [-0.25, -0.2) is 0 Å². The average Bonchev–Trinajstić information content (AvgIpc) is 2.29. The van der Waals surface area contributed by atoms with Gasteiger partial charge in [-0.2, -0.15) is 0 Å². The van der Waals surface area contributed by atoms with E-state index in [0.717, 1.165) is 12.3 Å². The maximum absolute atomic E-state index is 6.73. The zero-order chi connectivity index (χ0) is 12.6. The lowest BCUT2D eigenvalue weighted by molar-refractivity contribution is 0.143. The van der Waals surface area contributed by atoms with Crippen LogP contribution in [-0.2, 0) is 5.54 Å². The quantitative estimate of drug-likeness (QED) is 0.779. The molecule has 0 aromatic heterocycles. The molecule has 0 spiro atoms. The lowest BCUT2D eigenvalue weighted by Gasteiger charge is -2.44. The minimum atomic E-state index is -0.115. The number of hydrogen-bond donors (Lipinski definition) is 1. The highest BCUT2D eigenvalue weighted by atomic mass is 14.8. The molecular weight excluding hydrogens is 206 g/mol. The van der Waals surface area contributed by atoms with E-state index in [0.29, 0.717) is 5.92 Å². The van der Waals surface area contributed by atoms with Crippen LogP contribution < -0.4 is 5.73 Å². The predicted octanol–water partition coefficient (Wildman–Crippen LogP) is 3.91. The summed E-state index contributed by atoms with van der Waals surface area (Å²) in [5.74, 6) is 1.30. The van der Waals surface area contributed by atoms with E-state index >= 15 is 0 Å². The van der Waals surface area contributed by atoms with E-state index in [1.165, 1.54) is 29.5 Å². The van der Waals surface area contributed by atoms with Crippen molar-refractivity contribution in [1.82, 2.24) is 0 Å². The summed E-state index contributed by atoms with van der Waals surface area (Å²) in [5, 5.41) is 0. The molecule has 0 bridgehead atoms. The summed E-state index contributed by atoms with van der Waals surface area (Å²) >= 11 is 0. The van der Waals surface area contributed by atoms with Gasteiger partial charge in [0.05, 0.1) is 0 Å². The van der Waals surface area contributed by atoms with E-state index in [2.05, 4.69) is 45.9 Å². The fourth-order valence-corrected chi connectivity index (χ4v) is 3.14. The third-order valence-corrected chi connectivity index (χ3v) is 4.96. The van der Waals surface area contributed by atoms with Crippen LogP contribution >= 0.6 is 0 Å². The maximum atomic E-state index is 6.73. The van der Waals surface area contributed by atoms with Crippen LogP contribution in [0.15, 0.2) is 18.2 Å². The van der Waals surface area contributed by atoms with E-state index in [-0.39, 0.29) is 5.54 Å². The zero-order valence-electron chi connectivity index (χ0n) is 11.6. The molecule has 1 aromatic carbocycles. The van der Waals surface area contributed by atoms with E-state index in [1.807, 2.05) is 0 Å². The minimum Gasteiger partial charge on any atom is -0.321 e. The van der Waals surface area contributed by atoms with Crippen molar-refractivity contribution < 1.29 is 0 Å². The molecule has 1 fully saturated rings. The largest absolute Gasteiger partial charge is 0.321 e. The molecule has 1 aliphatic rings. The highest BCUT2D eigenvalue weighted by Crippen LogP contribution is 2.42. The smallest absolute Gasteiger partial charge is 0.0438 e. The summed E-state index contributed by atoms with van der Waals surface area (Å²) in [5.41, 5.74) is 10.7. The summed E-state index contributed by atoms with van der Waals surface area (Å²) in [6.45, 7) is 9.00. The van der Waals surface area contributed by atoms with Crippen LogP contribution in [0.2, 0.25) is 0 Å². The van der Waals surface area contributed by atoms with Gasteiger partial charge in [-0.05, 0) is 48.8 Å². The molecule has 1 aromatic rings. The fourth-order valence-electron chi connectivity index (χ4n) is 3.14. The van der Waals surface area contributed by atoms with Crippen LogP contribution in [-0.4, -0.2) is 0 Å². The first-order chi connectivity index (χ1) is 7.95. The Labute approximate surface area is 105 Å². The van der Waals surface area contributed by atoms with E-state index in [4.69, 9.17) is 5.73 Å². The van der Waals surface area contributed by atoms with E-state index < -0.39 is 0 Å². The molecule has 0 radical (unpaired) electrons. The molecule has 0 aliphatic heterocycles. The molecule has 0 amide bonds. The Morgan fingerprint density at radius 2 is 1.88 bits per heavy atom. The summed E-state index contributed by atoms with van der Waals surface area (Å²) in [4.78, 5) is 0. The zero-order valence-corrected chi connectivity index (χ0v) is 11.6. The van der Waals surface area contributed by atoms with Gasteiger partial charge >= 0.3 is 0 Å². The lowest BCUT2D eigenvalue weighted by atomic mass is 9.65. The minimum absolute atomic E-state index is 0.115. The lowest BCUT2D eigenvalue weighted by Crippen LogP contribution is -2.48. The van der Waals surface area contributed by atoms with Gasteiger partial charge in [0.2, 0.25) is 0 Å². The Kier molecular flexibility index (Phi) is 3.31. The number of nitrogens with two attached hydrogens (primary N) is 1. The van der Waals surface area contributed by atoms with Gasteiger partial charge in [-0.15, -0.1) is 0 Å². The molecule has 0 saturated heterocycles. The van der Waals surface area contributed by atoms with Gasteiger partial charge in [0.25, 0.3) is 0 Å². The second-order valence-electron chi connectivity index (χ2n) is 6.00. The number of benzene rings is 1. The molecule has 3 unspecified atom stereocenters. The van der Waals surface area contributed by atoms with Gasteiger partial charge in [0.15, 0.2) is 0 Å². The Morgan fingerprint density at radius 1 is 1.18 bits per heavy atom. The first-order valence-corrected chi connectivity index (χ1v) is 6.82. The van der Waals surface area contributed by atoms with Crippen molar-refractivity contribution in [2.75, 3.05) is 0 Å². The molecule has 1 saturated carbocycles. The monoisotopic (exact) mass is 231 g/mol. The van der Waals surface area contributed by atoms with Crippen molar-refractivity contribution in [3.63, 3.8) is 0 Å². The molecule has 2 N–H and O–H groups in total. The van der Waals surface area contributed by atoms with Crippen molar-refractivity contribution in [3.05, 3.63) is 34.9 Å². The molecule has 2 rings (SSSR count). The first kappa shape index (κ1) is 12.6. The second-order valence-corrected chi connectivity index (χ2v) is 6.00. The van der Waals surface area contributed by atoms with E-state index in [9.17, 15) is 0 Å². The third-order valence-electron chi connectivity index (χ3n) is 4.96. The number of hydrogen-bond acceptors (Lipinski definition) is 1. The van der Waals surface area contributed by atoms with Crippen LogP contribution in [0.25, 0.3) is 0 Å². The molecule has 1 heteroatoms. The summed E-state index contributed by atoms with van der Waals surface area (Å²) in [6.07, 6.45) is 3.71. The topological polar surface area (TPSA) is 26.0 Å². The number of aryl methyl sites for hydroxylation is 2. The maximum Gasteiger partial charge on any atom is 0.0438 e. The molecule has 94 valence electrons. The van der Waals surface area contributed by atoms with Gasteiger partial charge < -0.3 is 5.73 Å². The Bertz CT molecular complexity index is 410. The van der Waals surface area contributed by atoms with Crippen molar-refractivity contribution in [2.45, 2.75) is 52.5 Å². The third kappa shape index (κ3) is 2.13. The summed E-state index contributed by atoms with van der Waals surface area (Å²) in [7, 11) is 0. The van der Waals surface area contributed by atoms with Crippen LogP contribution in [0.5, 0.6) is 0 Å². The van der Waals surface area contributed by atoms with Gasteiger partial charge in [-0.3, -0.25) is 0 Å². The van der Waals surface area contributed by atoms with Crippen LogP contribution in [0, 0.1) is 25.7 Å². The van der Waals surface area contributed by atoms with Gasteiger partial charge in [-0.1, -0.05) is 44.9 Å². The second kappa shape index (κ2) is 4.45. The van der Waals surface area contributed by atoms with Crippen molar-refractivity contribution in [2.24, 2.45) is 17.6 Å². The Morgan fingerprint density at radius 3 is 2.53 bits per heavy atom. The summed E-state index contributed by atoms with van der Waals surface area (Å²) < 4.78 is 0. The molecular formula is C16H25N. The molecule has 17 heavy (non-hydrogen) atoms. The van der Waals surface area contributed by atoms with Crippen LogP contribution in [0.1, 0.15) is 49.8 Å². The molecule has 0 heterocycles. The SMILES string of the molecule is Cc1ccc(C2(N)CCCC(C)C2C)cc1C. The highest BCUT2D eigenvalue weighted by molar-refractivity contribution is 5.35. The van der Waals surface area contributed by atoms with E-state index in [1.54, 1.807) is 0 Å². The molecule has 1 aliphatic carbocycles. The van der Waals surface area contributed by atoms with Crippen molar-refractivity contribution in [3.8, 4) is 0 Å². The summed E-state index contributed by atoms with van der Waals surface area (Å²) in [6, 6.07) is 6.74. The average molecular weight is 231 g/mol. The first-order valence-electron chi connectivity index (χ1n) is 6.82. The van der Waals surface area contributed by atoms with Crippen LogP contribution in [0.3, 0.4) is 0 Å². The van der Waals surface area contributed by atoms with Gasteiger partial charge in [0.1, 0.15) is 0 Å². The normalized spacial score (nSPS) is 33.7. The van der Waals surface area contributed by atoms with Gasteiger partial charge in [0, 0.05) is 5.54 Å². The standard InChI is InChI=1S/C16H25N/c1-11-7-8-15(10-13(11)3)16(17)9-5-6-12(2)14(16)4/h7-8,10,12,14H,5-6,9,17H2,1-4H3. The molecule has 3 atom stereocenters. The predicted molar refractivity (Wildman–Crippen MR) is 74.0 cm³/mol. The van der Waals surface area contributed by atoms with Crippen LogP contribution in [0.4, 0.5) is 0 Å². The Hall–Kier alpha value is -0.820. The highest BCUT2D eigenvalue weighted by Gasteiger charge is 2.39. The van der Waals surface area contributed by atoms with Crippen molar-refractivity contribution in [1.29, 1.82) is 0 Å². The fraction of sp³-hybridized carbons (Fsp3) is 0.625. The molecule has 1 nitrogen and oxygen atoms in total. The number of rotatable bonds is 1.